The lowest BCUT2D eigenvalue weighted by Crippen LogP contribution is -2.12. The van der Waals surface area contributed by atoms with Crippen molar-refractivity contribution >= 4 is 5.69 Å². The van der Waals surface area contributed by atoms with Gasteiger partial charge in [0.25, 0.3) is 0 Å². The zero-order chi connectivity index (χ0) is 18.2. The van der Waals surface area contributed by atoms with Crippen LogP contribution in [-0.4, -0.2) is 6.54 Å². The second kappa shape index (κ2) is 6.28. The predicted molar refractivity (Wildman–Crippen MR) is 82.5 cm³/mol. The summed E-state index contributed by atoms with van der Waals surface area (Å²) in [7, 11) is 0. The van der Waals surface area contributed by atoms with Crippen LogP contribution in [0.5, 0.6) is 0 Å². The summed E-state index contributed by atoms with van der Waals surface area (Å²) in [6, 6.07) is 7.41. The molecule has 7 heteroatoms. The molecule has 0 saturated heterocycles. The van der Waals surface area contributed by atoms with Crippen LogP contribution in [0, 0.1) is 0 Å². The van der Waals surface area contributed by atoms with Crippen LogP contribution in [0.15, 0.2) is 36.4 Å². The molecule has 0 spiro atoms. The summed E-state index contributed by atoms with van der Waals surface area (Å²) in [5, 5.41) is 3.22. The molecule has 3 rings (SSSR count). The highest BCUT2D eigenvalue weighted by molar-refractivity contribution is 5.61. The molecule has 0 unspecified atom stereocenters. The van der Waals surface area contributed by atoms with E-state index in [0.29, 0.717) is 6.42 Å². The lowest BCUT2D eigenvalue weighted by molar-refractivity contribution is -0.143. The van der Waals surface area contributed by atoms with Crippen LogP contribution in [0.25, 0.3) is 0 Å². The first kappa shape index (κ1) is 17.6. The fourth-order valence-electron chi connectivity index (χ4n) is 3.06. The van der Waals surface area contributed by atoms with Gasteiger partial charge in [-0.3, -0.25) is 0 Å². The Bertz CT molecular complexity index is 744. The SMILES string of the molecule is FC(F)(F)c1cc(CCc2cccc3c2NCC3)cc(C(F)(F)F)c1. The van der Waals surface area contributed by atoms with Gasteiger partial charge in [-0.15, -0.1) is 0 Å². The maximum atomic E-state index is 12.9. The van der Waals surface area contributed by atoms with Crippen LogP contribution < -0.4 is 5.32 Å². The van der Waals surface area contributed by atoms with E-state index in [4.69, 9.17) is 0 Å². The maximum absolute atomic E-state index is 12.9. The van der Waals surface area contributed by atoms with Gasteiger partial charge in [0.2, 0.25) is 0 Å². The zero-order valence-electron chi connectivity index (χ0n) is 13.1. The lowest BCUT2D eigenvalue weighted by Gasteiger charge is -2.15. The third-order valence-corrected chi connectivity index (χ3v) is 4.26. The average molecular weight is 359 g/mol. The van der Waals surface area contributed by atoms with Gasteiger partial charge in [-0.1, -0.05) is 18.2 Å². The number of para-hydroxylation sites is 1. The van der Waals surface area contributed by atoms with Crippen LogP contribution in [0.3, 0.4) is 0 Å². The Labute approximate surface area is 140 Å². The third-order valence-electron chi connectivity index (χ3n) is 4.26. The van der Waals surface area contributed by atoms with Gasteiger partial charge in [-0.2, -0.15) is 26.3 Å². The highest BCUT2D eigenvalue weighted by Gasteiger charge is 2.36. The molecule has 1 aliphatic rings. The van der Waals surface area contributed by atoms with E-state index in [0.717, 1.165) is 41.9 Å². The molecule has 1 nitrogen and oxygen atoms in total. The summed E-state index contributed by atoms with van der Waals surface area (Å²) in [4.78, 5) is 0. The molecular weight excluding hydrogens is 344 g/mol. The summed E-state index contributed by atoms with van der Waals surface area (Å²) in [5.74, 6) is 0. The second-order valence-electron chi connectivity index (χ2n) is 6.04. The lowest BCUT2D eigenvalue weighted by atomic mass is 9.97. The van der Waals surface area contributed by atoms with E-state index in [-0.39, 0.29) is 18.1 Å². The summed E-state index contributed by atoms with van der Waals surface area (Å²) in [6.45, 7) is 0.786. The normalized spacial score (nSPS) is 14.3. The van der Waals surface area contributed by atoms with Crippen LogP contribution in [-0.2, 0) is 31.6 Å². The number of anilines is 1. The molecule has 0 aromatic heterocycles. The Morgan fingerprint density at radius 1 is 0.840 bits per heavy atom. The summed E-state index contributed by atoms with van der Waals surface area (Å²) < 4.78 is 77.4. The van der Waals surface area contributed by atoms with Crippen molar-refractivity contribution < 1.29 is 26.3 Å². The minimum atomic E-state index is -4.81. The first-order valence-electron chi connectivity index (χ1n) is 7.77. The Hall–Kier alpha value is -2.18. The molecule has 1 heterocycles. The van der Waals surface area contributed by atoms with Gasteiger partial charge >= 0.3 is 12.4 Å². The predicted octanol–water partition coefficient (Wildman–Crippen LogP) is 5.48. The number of hydrogen-bond acceptors (Lipinski definition) is 1. The molecule has 0 bridgehead atoms. The fourth-order valence-corrected chi connectivity index (χ4v) is 3.06. The summed E-state index contributed by atoms with van der Waals surface area (Å²) in [5.41, 5.74) is 0.462. The first-order chi connectivity index (χ1) is 11.6. The maximum Gasteiger partial charge on any atom is 0.416 e. The summed E-state index contributed by atoms with van der Waals surface area (Å²) >= 11 is 0. The Balaban J connectivity index is 1.88. The zero-order valence-corrected chi connectivity index (χ0v) is 13.1. The van der Waals surface area contributed by atoms with Gasteiger partial charge < -0.3 is 5.32 Å². The number of alkyl halides is 6. The quantitative estimate of drug-likeness (QED) is 0.716. The van der Waals surface area contributed by atoms with Crippen LogP contribution >= 0.6 is 0 Å². The van der Waals surface area contributed by atoms with Gasteiger partial charge in [0.05, 0.1) is 11.1 Å². The van der Waals surface area contributed by atoms with Gasteiger partial charge in [0, 0.05) is 12.2 Å². The smallest absolute Gasteiger partial charge is 0.384 e. The highest BCUT2D eigenvalue weighted by Crippen LogP contribution is 2.37. The van der Waals surface area contributed by atoms with Crippen molar-refractivity contribution in [2.75, 3.05) is 11.9 Å². The number of hydrogen-bond donors (Lipinski definition) is 1. The molecule has 2 aromatic carbocycles. The van der Waals surface area contributed by atoms with E-state index < -0.39 is 23.5 Å². The van der Waals surface area contributed by atoms with Crippen molar-refractivity contribution in [3.05, 3.63) is 64.2 Å². The van der Waals surface area contributed by atoms with Gasteiger partial charge in [0.15, 0.2) is 0 Å². The number of halogens is 6. The van der Waals surface area contributed by atoms with E-state index in [2.05, 4.69) is 5.32 Å². The molecule has 1 aliphatic heterocycles. The van der Waals surface area contributed by atoms with E-state index in [9.17, 15) is 26.3 Å². The number of nitrogens with one attached hydrogen (secondary N) is 1. The van der Waals surface area contributed by atoms with Crippen molar-refractivity contribution in [2.24, 2.45) is 0 Å². The topological polar surface area (TPSA) is 12.0 Å². The third kappa shape index (κ3) is 3.91. The van der Waals surface area contributed by atoms with Crippen molar-refractivity contribution in [2.45, 2.75) is 31.6 Å². The van der Waals surface area contributed by atoms with Crippen molar-refractivity contribution in [3.8, 4) is 0 Å². The molecule has 134 valence electrons. The number of benzene rings is 2. The largest absolute Gasteiger partial charge is 0.416 e. The average Bonchev–Trinajstić information content (AvgIpc) is 3.00. The molecule has 25 heavy (non-hydrogen) atoms. The standard InChI is InChI=1S/C18H15F6N/c19-17(20,21)14-8-11(9-15(10-14)18(22,23)24)4-5-12-2-1-3-13-6-7-25-16(12)13/h1-3,8-10,25H,4-7H2. The van der Waals surface area contributed by atoms with Crippen molar-refractivity contribution in [1.29, 1.82) is 0 Å². The van der Waals surface area contributed by atoms with E-state index >= 15 is 0 Å². The van der Waals surface area contributed by atoms with Crippen LogP contribution in [0.4, 0.5) is 32.0 Å². The molecule has 2 aromatic rings. The van der Waals surface area contributed by atoms with E-state index in [1.165, 1.54) is 0 Å². The Morgan fingerprint density at radius 2 is 1.48 bits per heavy atom. The Morgan fingerprint density at radius 3 is 2.08 bits per heavy atom. The van der Waals surface area contributed by atoms with Gasteiger partial charge in [0.1, 0.15) is 0 Å². The molecule has 0 radical (unpaired) electrons. The Kier molecular flexibility index (Phi) is 4.43. The van der Waals surface area contributed by atoms with Gasteiger partial charge in [-0.25, -0.2) is 0 Å². The molecule has 0 atom stereocenters. The molecule has 0 aliphatic carbocycles. The minimum Gasteiger partial charge on any atom is -0.384 e. The number of rotatable bonds is 3. The first-order valence-corrected chi connectivity index (χ1v) is 7.77. The van der Waals surface area contributed by atoms with Crippen LogP contribution in [0.2, 0.25) is 0 Å². The van der Waals surface area contributed by atoms with E-state index in [1.54, 1.807) is 0 Å². The fraction of sp³-hybridized carbons (Fsp3) is 0.333. The molecule has 1 N–H and O–H groups in total. The monoisotopic (exact) mass is 359 g/mol. The molecule has 0 amide bonds. The van der Waals surface area contributed by atoms with Gasteiger partial charge in [-0.05, 0) is 54.2 Å². The molecular formula is C18H15F6N. The van der Waals surface area contributed by atoms with Crippen LogP contribution in [0.1, 0.15) is 27.8 Å². The molecule has 0 fully saturated rings. The number of aryl methyl sites for hydroxylation is 2. The highest BCUT2D eigenvalue weighted by atomic mass is 19.4. The minimum absolute atomic E-state index is 0.0257. The van der Waals surface area contributed by atoms with Crippen molar-refractivity contribution in [3.63, 3.8) is 0 Å². The van der Waals surface area contributed by atoms with Crippen molar-refractivity contribution in [1.82, 2.24) is 0 Å². The van der Waals surface area contributed by atoms with E-state index in [1.807, 2.05) is 18.2 Å². The second-order valence-corrected chi connectivity index (χ2v) is 6.04. The molecule has 0 saturated carbocycles. The number of fused-ring (bicyclic) bond motifs is 1. The summed E-state index contributed by atoms with van der Waals surface area (Å²) in [6.07, 6.45) is -8.29.